The van der Waals surface area contributed by atoms with Gasteiger partial charge in [0.25, 0.3) is 0 Å². The Morgan fingerprint density at radius 2 is 1.95 bits per heavy atom. The van der Waals surface area contributed by atoms with E-state index in [0.717, 1.165) is 19.4 Å². The normalized spacial score (nSPS) is 21.1. The lowest BCUT2D eigenvalue weighted by atomic mass is 10.1. The fourth-order valence-corrected chi connectivity index (χ4v) is 3.06. The molecule has 0 fully saturated rings. The van der Waals surface area contributed by atoms with Gasteiger partial charge in [-0.1, -0.05) is 24.3 Å². The topological polar surface area (TPSA) is 42.2 Å². The summed E-state index contributed by atoms with van der Waals surface area (Å²) in [6.07, 6.45) is 5.81. The highest BCUT2D eigenvalue weighted by Crippen LogP contribution is 2.32. The van der Waals surface area contributed by atoms with Crippen molar-refractivity contribution >= 4 is 0 Å². The molecule has 3 nitrogen and oxygen atoms in total. The number of aromatic nitrogens is 1. The van der Waals surface area contributed by atoms with E-state index >= 15 is 0 Å². The van der Waals surface area contributed by atoms with Gasteiger partial charge in [0.1, 0.15) is 0 Å². The smallest absolute Gasteiger partial charge is 0.0459 e. The fourth-order valence-electron chi connectivity index (χ4n) is 3.06. The molecule has 2 aromatic rings. The molecule has 3 heteroatoms. The molecule has 0 amide bonds. The second-order valence-electron chi connectivity index (χ2n) is 5.58. The van der Waals surface area contributed by atoms with Crippen LogP contribution in [0.3, 0.4) is 0 Å². The lowest BCUT2D eigenvalue weighted by molar-refractivity contribution is 0.225. The summed E-state index contributed by atoms with van der Waals surface area (Å²) >= 11 is 0. The van der Waals surface area contributed by atoms with Crippen molar-refractivity contribution in [3.05, 3.63) is 65.5 Å². The second kappa shape index (κ2) is 5.73. The van der Waals surface area contributed by atoms with E-state index in [1.807, 2.05) is 12.4 Å². The fraction of sp³-hybridized carbons (Fsp3) is 0.353. The molecule has 2 atom stereocenters. The summed E-state index contributed by atoms with van der Waals surface area (Å²) in [5.74, 6) is 0. The Labute approximate surface area is 120 Å². The van der Waals surface area contributed by atoms with Crippen LogP contribution in [0.4, 0.5) is 0 Å². The first-order valence-electron chi connectivity index (χ1n) is 7.18. The van der Waals surface area contributed by atoms with E-state index < -0.39 is 0 Å². The quantitative estimate of drug-likeness (QED) is 0.923. The van der Waals surface area contributed by atoms with E-state index in [2.05, 4.69) is 53.3 Å². The van der Waals surface area contributed by atoms with Crippen LogP contribution < -0.4 is 5.73 Å². The molecule has 1 aliphatic carbocycles. The minimum Gasteiger partial charge on any atom is -0.323 e. The monoisotopic (exact) mass is 267 g/mol. The van der Waals surface area contributed by atoms with Crippen LogP contribution >= 0.6 is 0 Å². The van der Waals surface area contributed by atoms with E-state index in [1.165, 1.54) is 16.7 Å². The van der Waals surface area contributed by atoms with Gasteiger partial charge in [-0.2, -0.15) is 0 Å². The van der Waals surface area contributed by atoms with Crippen molar-refractivity contribution < 1.29 is 0 Å². The lowest BCUT2D eigenvalue weighted by Crippen LogP contribution is -2.39. The molecule has 104 valence electrons. The zero-order valence-electron chi connectivity index (χ0n) is 11.9. The summed E-state index contributed by atoms with van der Waals surface area (Å²) < 4.78 is 0. The summed E-state index contributed by atoms with van der Waals surface area (Å²) in [5.41, 5.74) is 10.5. The van der Waals surface area contributed by atoms with Crippen LogP contribution in [-0.2, 0) is 12.8 Å². The number of hydrogen-bond donors (Lipinski definition) is 1. The number of fused-ring (bicyclic) bond motifs is 1. The average molecular weight is 267 g/mol. The molecule has 1 aromatic heterocycles. The molecule has 1 aromatic carbocycles. The molecular weight excluding hydrogens is 246 g/mol. The van der Waals surface area contributed by atoms with Crippen molar-refractivity contribution in [2.45, 2.75) is 24.9 Å². The number of benzene rings is 1. The molecule has 20 heavy (non-hydrogen) atoms. The predicted octanol–water partition coefficient (Wildman–Crippen LogP) is 2.18. The van der Waals surface area contributed by atoms with Gasteiger partial charge < -0.3 is 10.6 Å². The predicted molar refractivity (Wildman–Crippen MR) is 81.4 cm³/mol. The van der Waals surface area contributed by atoms with Crippen molar-refractivity contribution in [1.29, 1.82) is 0 Å². The average Bonchev–Trinajstić information content (AvgIpc) is 2.84. The summed E-state index contributed by atoms with van der Waals surface area (Å²) in [6, 6.07) is 13.3. The highest BCUT2D eigenvalue weighted by Gasteiger charge is 2.31. The third-order valence-corrected chi connectivity index (χ3v) is 4.33. The van der Waals surface area contributed by atoms with Crippen LogP contribution in [0, 0.1) is 0 Å². The van der Waals surface area contributed by atoms with Crippen LogP contribution in [0.15, 0.2) is 48.8 Å². The lowest BCUT2D eigenvalue weighted by Gasteiger charge is -2.27. The minimum absolute atomic E-state index is 0.133. The molecule has 3 rings (SSSR count). The number of nitrogens with zero attached hydrogens (tertiary/aromatic N) is 2. The molecular formula is C17H21N3. The van der Waals surface area contributed by atoms with Crippen LogP contribution in [-0.4, -0.2) is 29.5 Å². The molecule has 2 N–H and O–H groups in total. The van der Waals surface area contributed by atoms with Gasteiger partial charge in [-0.05, 0) is 48.7 Å². The van der Waals surface area contributed by atoms with E-state index in [9.17, 15) is 0 Å². The van der Waals surface area contributed by atoms with Gasteiger partial charge in [-0.15, -0.1) is 0 Å². The summed E-state index contributed by atoms with van der Waals surface area (Å²) in [6.45, 7) is 1.02. The van der Waals surface area contributed by atoms with Crippen molar-refractivity contribution in [1.82, 2.24) is 9.88 Å². The highest BCUT2D eigenvalue weighted by atomic mass is 15.1. The Kier molecular flexibility index (Phi) is 3.81. The van der Waals surface area contributed by atoms with Gasteiger partial charge in [0.05, 0.1) is 0 Å². The zero-order chi connectivity index (χ0) is 13.9. The zero-order valence-corrected chi connectivity index (χ0v) is 11.9. The van der Waals surface area contributed by atoms with E-state index in [4.69, 9.17) is 5.73 Å². The molecule has 0 saturated carbocycles. The molecule has 0 saturated heterocycles. The Bertz CT molecular complexity index is 567. The standard InChI is InChI=1S/C17H21N3/c1-20(11-8-13-6-9-19-10-7-13)16-12-14-4-2-3-5-15(14)17(16)18/h2-7,9-10,16-17H,8,11-12,18H2,1H3. The number of nitrogens with two attached hydrogens (primary N) is 1. The highest BCUT2D eigenvalue weighted by molar-refractivity contribution is 5.36. The number of pyridine rings is 1. The van der Waals surface area contributed by atoms with Crippen LogP contribution in [0.2, 0.25) is 0 Å². The van der Waals surface area contributed by atoms with E-state index in [1.54, 1.807) is 0 Å². The molecule has 0 radical (unpaired) electrons. The Balaban J connectivity index is 1.63. The van der Waals surface area contributed by atoms with Crippen LogP contribution in [0.25, 0.3) is 0 Å². The first kappa shape index (κ1) is 13.3. The van der Waals surface area contributed by atoms with Crippen LogP contribution in [0.1, 0.15) is 22.7 Å². The SMILES string of the molecule is CN(CCc1ccncc1)C1Cc2ccccc2C1N. The third-order valence-electron chi connectivity index (χ3n) is 4.33. The van der Waals surface area contributed by atoms with Gasteiger partial charge in [0.15, 0.2) is 0 Å². The van der Waals surface area contributed by atoms with Gasteiger partial charge in [-0.25, -0.2) is 0 Å². The maximum Gasteiger partial charge on any atom is 0.0459 e. The molecule has 1 aliphatic rings. The van der Waals surface area contributed by atoms with E-state index in [-0.39, 0.29) is 6.04 Å². The second-order valence-corrected chi connectivity index (χ2v) is 5.58. The number of rotatable bonds is 4. The number of hydrogen-bond acceptors (Lipinski definition) is 3. The molecule has 0 bridgehead atoms. The first-order chi connectivity index (χ1) is 9.75. The molecule has 0 aliphatic heterocycles. The van der Waals surface area contributed by atoms with Crippen molar-refractivity contribution in [2.24, 2.45) is 5.73 Å². The molecule has 2 unspecified atom stereocenters. The van der Waals surface area contributed by atoms with Crippen molar-refractivity contribution in [2.75, 3.05) is 13.6 Å². The van der Waals surface area contributed by atoms with Gasteiger partial charge in [-0.3, -0.25) is 4.98 Å². The summed E-state index contributed by atoms with van der Waals surface area (Å²) in [4.78, 5) is 6.45. The van der Waals surface area contributed by atoms with Crippen molar-refractivity contribution in [3.63, 3.8) is 0 Å². The first-order valence-corrected chi connectivity index (χ1v) is 7.18. The van der Waals surface area contributed by atoms with Gasteiger partial charge in [0.2, 0.25) is 0 Å². The summed E-state index contributed by atoms with van der Waals surface area (Å²) in [7, 11) is 2.18. The third kappa shape index (κ3) is 2.60. The Morgan fingerprint density at radius 3 is 2.70 bits per heavy atom. The Hall–Kier alpha value is -1.71. The largest absolute Gasteiger partial charge is 0.323 e. The summed E-state index contributed by atoms with van der Waals surface area (Å²) in [5, 5.41) is 0. The number of likely N-dealkylation sites (N-methyl/N-ethyl adjacent to an activating group) is 1. The Morgan fingerprint density at radius 1 is 1.20 bits per heavy atom. The minimum atomic E-state index is 0.133. The van der Waals surface area contributed by atoms with Gasteiger partial charge in [0, 0.05) is 31.0 Å². The molecule has 1 heterocycles. The maximum atomic E-state index is 6.41. The van der Waals surface area contributed by atoms with Gasteiger partial charge >= 0.3 is 0 Å². The maximum absolute atomic E-state index is 6.41. The van der Waals surface area contributed by atoms with Crippen molar-refractivity contribution in [3.8, 4) is 0 Å². The van der Waals surface area contributed by atoms with E-state index in [0.29, 0.717) is 6.04 Å². The van der Waals surface area contributed by atoms with Crippen LogP contribution in [0.5, 0.6) is 0 Å². The molecule has 0 spiro atoms.